The Morgan fingerprint density at radius 3 is 2.20 bits per heavy atom. The Kier molecular flexibility index (Phi) is 10.8. The molecule has 1 saturated carbocycles. The number of benzene rings is 3. The standard InChI is InChI=1S/C32H33BrF5N3O7S/c1-46-27-18-21(8-11-26(27)33)31(34,35)28(29(42)40-14-12-22(39)13-15-40)41(48-30(43)32(36,37)38)49(44,45)25-10-7-19-16-24(9-6-20(19)17-25)47-23-4-2-3-5-23/h6-11,16-18,22-23,28H,2-5,12-15,39H2,1H3/t28-/m1/s1. The Morgan fingerprint density at radius 1 is 0.939 bits per heavy atom. The Bertz CT molecular complexity index is 1810. The molecule has 0 bridgehead atoms. The molecule has 5 rings (SSSR count). The highest BCUT2D eigenvalue weighted by molar-refractivity contribution is 9.10. The van der Waals surface area contributed by atoms with Crippen LogP contribution in [0.25, 0.3) is 10.8 Å². The maximum Gasteiger partial charge on any atom is 0.492 e. The zero-order chi connectivity index (χ0) is 35.7. The van der Waals surface area contributed by atoms with Gasteiger partial charge in [-0.15, -0.1) is 0 Å². The van der Waals surface area contributed by atoms with Crippen molar-refractivity contribution in [3.05, 3.63) is 64.6 Å². The van der Waals surface area contributed by atoms with Gasteiger partial charge in [0, 0.05) is 24.7 Å². The second-order valence-electron chi connectivity index (χ2n) is 11.9. The summed E-state index contributed by atoms with van der Waals surface area (Å²) >= 11 is 3.12. The summed E-state index contributed by atoms with van der Waals surface area (Å²) in [6, 6.07) is 6.98. The van der Waals surface area contributed by atoms with Gasteiger partial charge < -0.3 is 24.9 Å². The summed E-state index contributed by atoms with van der Waals surface area (Å²) in [5, 5.41) is 0.720. The molecule has 17 heteroatoms. The summed E-state index contributed by atoms with van der Waals surface area (Å²) in [7, 11) is -4.46. The number of methoxy groups -OCH3 is 1. The molecule has 0 unspecified atom stereocenters. The molecule has 49 heavy (non-hydrogen) atoms. The quantitative estimate of drug-likeness (QED) is 0.195. The fourth-order valence-electron chi connectivity index (χ4n) is 5.81. The number of amides is 1. The molecule has 2 fully saturated rings. The van der Waals surface area contributed by atoms with Crippen molar-refractivity contribution >= 4 is 48.6 Å². The average Bonchev–Trinajstić information content (AvgIpc) is 3.57. The minimum absolute atomic E-state index is 0.0199. The lowest BCUT2D eigenvalue weighted by molar-refractivity contribution is -0.239. The molecule has 1 heterocycles. The number of carbonyl (C=O) groups is 2. The SMILES string of the molecule is COc1cc(C(F)(F)[C@@H](C(=O)N2CCC(N)CC2)N(OC(=O)C(F)(F)F)S(=O)(=O)c2ccc3cc(OC4CCCC4)ccc3c2)ccc1Br. The topological polar surface area (TPSA) is 128 Å². The van der Waals surface area contributed by atoms with Gasteiger partial charge in [0.15, 0.2) is 0 Å². The number of ether oxygens (including phenoxy) is 2. The molecule has 0 radical (unpaired) electrons. The Hall–Kier alpha value is -3.54. The van der Waals surface area contributed by atoms with Gasteiger partial charge in [0.05, 0.1) is 22.6 Å². The van der Waals surface area contributed by atoms with Gasteiger partial charge in [-0.1, -0.05) is 18.2 Å². The fourth-order valence-corrected chi connectivity index (χ4v) is 7.61. The molecule has 0 spiro atoms. The number of likely N-dealkylation sites (tertiary alicyclic amines) is 1. The lowest BCUT2D eigenvalue weighted by Gasteiger charge is -2.38. The molecular weight excluding hydrogens is 745 g/mol. The van der Waals surface area contributed by atoms with Crippen molar-refractivity contribution in [2.75, 3.05) is 20.2 Å². The number of halogens is 6. The maximum absolute atomic E-state index is 16.7. The lowest BCUT2D eigenvalue weighted by atomic mass is 9.98. The van der Waals surface area contributed by atoms with Crippen LogP contribution in [-0.4, -0.2) is 74.2 Å². The monoisotopic (exact) mass is 777 g/mol. The Balaban J connectivity index is 1.63. The summed E-state index contributed by atoms with van der Waals surface area (Å²) in [4.78, 5) is 30.5. The first kappa shape index (κ1) is 36.7. The number of nitrogens with two attached hydrogens (primary N) is 1. The molecule has 2 N–H and O–H groups in total. The Morgan fingerprint density at radius 2 is 1.57 bits per heavy atom. The van der Waals surface area contributed by atoms with E-state index in [0.717, 1.165) is 68.0 Å². The number of hydroxylamine groups is 1. The predicted molar refractivity (Wildman–Crippen MR) is 170 cm³/mol. The number of carbonyl (C=O) groups excluding carboxylic acids is 2. The molecular formula is C32H33BrF5N3O7S. The van der Waals surface area contributed by atoms with Crippen LogP contribution < -0.4 is 15.2 Å². The van der Waals surface area contributed by atoms with E-state index in [4.69, 9.17) is 15.2 Å². The van der Waals surface area contributed by atoms with Crippen LogP contribution in [0.1, 0.15) is 44.1 Å². The van der Waals surface area contributed by atoms with E-state index in [1.165, 1.54) is 12.1 Å². The maximum atomic E-state index is 16.7. The van der Waals surface area contributed by atoms with Crippen LogP contribution in [-0.2, 0) is 30.4 Å². The number of piperidine rings is 1. The first-order valence-electron chi connectivity index (χ1n) is 15.3. The van der Waals surface area contributed by atoms with Crippen LogP contribution in [0.15, 0.2) is 64.0 Å². The first-order chi connectivity index (χ1) is 23.0. The largest absolute Gasteiger partial charge is 0.496 e. The van der Waals surface area contributed by atoms with E-state index in [1.54, 1.807) is 12.1 Å². The van der Waals surface area contributed by atoms with Crippen molar-refractivity contribution in [1.82, 2.24) is 9.37 Å². The minimum atomic E-state index is -5.82. The first-order valence-corrected chi connectivity index (χ1v) is 17.6. The van der Waals surface area contributed by atoms with Crippen molar-refractivity contribution in [3.8, 4) is 11.5 Å². The number of fused-ring (bicyclic) bond motifs is 1. The van der Waals surface area contributed by atoms with Crippen molar-refractivity contribution in [3.63, 3.8) is 0 Å². The molecule has 1 atom stereocenters. The van der Waals surface area contributed by atoms with Crippen molar-refractivity contribution < 1.29 is 54.3 Å². The number of hydrogen-bond donors (Lipinski definition) is 1. The highest BCUT2D eigenvalue weighted by Crippen LogP contribution is 2.42. The Labute approximate surface area is 287 Å². The van der Waals surface area contributed by atoms with Gasteiger partial charge in [0.2, 0.25) is 6.04 Å². The lowest BCUT2D eigenvalue weighted by Crippen LogP contribution is -2.60. The highest BCUT2D eigenvalue weighted by atomic mass is 79.9. The number of sulfonamides is 1. The predicted octanol–water partition coefficient (Wildman–Crippen LogP) is 6.05. The molecule has 1 amide bonds. The van der Waals surface area contributed by atoms with Gasteiger partial charge in [0.25, 0.3) is 15.9 Å². The third-order valence-corrected chi connectivity index (χ3v) is 10.8. The molecule has 2 aliphatic rings. The van der Waals surface area contributed by atoms with Crippen LogP contribution in [0.2, 0.25) is 0 Å². The van der Waals surface area contributed by atoms with Crippen LogP contribution >= 0.6 is 15.9 Å². The van der Waals surface area contributed by atoms with Gasteiger partial charge in [0.1, 0.15) is 11.5 Å². The summed E-state index contributed by atoms with van der Waals surface area (Å²) in [5.74, 6) is -8.97. The summed E-state index contributed by atoms with van der Waals surface area (Å²) in [5.41, 5.74) is 4.89. The number of alkyl halides is 5. The molecule has 10 nitrogen and oxygen atoms in total. The van der Waals surface area contributed by atoms with Crippen molar-refractivity contribution in [2.45, 2.75) is 73.7 Å². The second-order valence-corrected chi connectivity index (χ2v) is 14.5. The summed E-state index contributed by atoms with van der Waals surface area (Å²) in [6.07, 6.45) is -1.71. The zero-order valence-corrected chi connectivity index (χ0v) is 28.5. The molecule has 3 aromatic rings. The highest BCUT2D eigenvalue weighted by Gasteiger charge is 2.58. The number of rotatable bonds is 10. The van der Waals surface area contributed by atoms with Gasteiger partial charge >= 0.3 is 18.1 Å². The summed E-state index contributed by atoms with van der Waals surface area (Å²) in [6.45, 7) is -0.419. The van der Waals surface area contributed by atoms with Crippen LogP contribution in [0.3, 0.4) is 0 Å². The van der Waals surface area contributed by atoms with E-state index in [-0.39, 0.29) is 47.6 Å². The minimum Gasteiger partial charge on any atom is -0.496 e. The smallest absolute Gasteiger partial charge is 0.492 e. The van der Waals surface area contributed by atoms with Gasteiger partial charge in [-0.2, -0.15) is 22.0 Å². The van der Waals surface area contributed by atoms with E-state index in [9.17, 15) is 31.2 Å². The molecule has 3 aromatic carbocycles. The third kappa shape index (κ3) is 7.94. The van der Waals surface area contributed by atoms with Gasteiger partial charge in [-0.3, -0.25) is 4.79 Å². The average molecular weight is 779 g/mol. The van der Waals surface area contributed by atoms with Crippen molar-refractivity contribution in [1.29, 1.82) is 0 Å². The fraction of sp³-hybridized carbons (Fsp3) is 0.438. The van der Waals surface area contributed by atoms with Gasteiger partial charge in [-0.05, 0) is 106 Å². The van der Waals surface area contributed by atoms with Crippen molar-refractivity contribution in [2.24, 2.45) is 5.73 Å². The molecule has 266 valence electrons. The molecule has 1 saturated heterocycles. The van der Waals surface area contributed by atoms with E-state index in [2.05, 4.69) is 20.8 Å². The molecule has 1 aliphatic carbocycles. The normalized spacial score (nSPS) is 17.4. The van der Waals surface area contributed by atoms with Gasteiger partial charge in [-0.25, -0.2) is 13.2 Å². The van der Waals surface area contributed by atoms with E-state index < -0.39 is 61.0 Å². The number of hydrogen-bond acceptors (Lipinski definition) is 8. The van der Waals surface area contributed by atoms with E-state index in [1.807, 2.05) is 0 Å². The van der Waals surface area contributed by atoms with Crippen LogP contribution in [0.4, 0.5) is 22.0 Å². The third-order valence-electron chi connectivity index (χ3n) is 8.50. The van der Waals surface area contributed by atoms with Crippen LogP contribution in [0, 0.1) is 0 Å². The van der Waals surface area contributed by atoms with E-state index >= 15 is 8.78 Å². The number of nitrogens with zero attached hydrogens (tertiary/aromatic N) is 2. The molecule has 1 aliphatic heterocycles. The molecule has 0 aromatic heterocycles. The second kappa shape index (κ2) is 14.4. The van der Waals surface area contributed by atoms with Crippen LogP contribution in [0.5, 0.6) is 11.5 Å². The zero-order valence-electron chi connectivity index (χ0n) is 26.1. The van der Waals surface area contributed by atoms with E-state index in [0.29, 0.717) is 11.1 Å². The summed E-state index contributed by atoms with van der Waals surface area (Å²) < 4.78 is 113.